The van der Waals surface area contributed by atoms with Crippen molar-refractivity contribution in [3.05, 3.63) is 101 Å². The number of hydrogen-bond acceptors (Lipinski definition) is 5. The first-order valence-electron chi connectivity index (χ1n) is 13.7. The number of benzene rings is 2. The smallest absolute Gasteiger partial charge is 0.350 e. The second-order valence-corrected chi connectivity index (χ2v) is 12.2. The quantitative estimate of drug-likeness (QED) is 0.260. The third-order valence-electron chi connectivity index (χ3n) is 6.87. The summed E-state index contributed by atoms with van der Waals surface area (Å²) in [6.45, 7) is 2.73. The van der Waals surface area contributed by atoms with E-state index in [0.717, 1.165) is 17.2 Å². The van der Waals surface area contributed by atoms with E-state index in [9.17, 15) is 36.0 Å². The normalized spacial score (nSPS) is 11.6. The van der Waals surface area contributed by atoms with Crippen LogP contribution in [-0.4, -0.2) is 64.4 Å². The Balaban J connectivity index is 1.64. The number of nitrogens with zero attached hydrogens (tertiary/aromatic N) is 2. The molecule has 0 atom stereocenters. The maximum absolute atomic E-state index is 13.6. The molecule has 0 fully saturated rings. The fourth-order valence-electron chi connectivity index (χ4n) is 4.66. The van der Waals surface area contributed by atoms with Crippen molar-refractivity contribution in [2.24, 2.45) is 0 Å². The summed E-state index contributed by atoms with van der Waals surface area (Å²) in [7, 11) is -1.30. The average molecular weight is 641 g/mol. The molecule has 13 heteroatoms. The van der Waals surface area contributed by atoms with Crippen LogP contribution >= 0.6 is 0 Å². The van der Waals surface area contributed by atoms with Crippen LogP contribution in [0.2, 0.25) is 0 Å². The Morgan fingerprint density at radius 3 is 2.13 bits per heavy atom. The zero-order valence-electron chi connectivity index (χ0n) is 24.9. The second kappa shape index (κ2) is 13.0. The zero-order valence-corrected chi connectivity index (χ0v) is 25.7. The van der Waals surface area contributed by atoms with Gasteiger partial charge in [-0.25, -0.2) is 8.42 Å². The minimum atomic E-state index is -5.24. The highest BCUT2D eigenvalue weighted by Crippen LogP contribution is 2.37. The molecular formula is C32H31F3N4O5S. The predicted octanol–water partition coefficient (Wildman–Crippen LogP) is 5.24. The van der Waals surface area contributed by atoms with E-state index in [1.165, 1.54) is 43.3 Å². The largest absolute Gasteiger partial charge is 0.471 e. The van der Waals surface area contributed by atoms with Crippen LogP contribution in [0.3, 0.4) is 0 Å². The van der Waals surface area contributed by atoms with E-state index in [1.807, 2.05) is 6.92 Å². The van der Waals surface area contributed by atoms with Gasteiger partial charge in [0.15, 0.2) is 0 Å². The molecule has 0 bridgehead atoms. The Morgan fingerprint density at radius 2 is 1.49 bits per heavy atom. The van der Waals surface area contributed by atoms with Crippen LogP contribution in [0.4, 0.5) is 24.5 Å². The van der Waals surface area contributed by atoms with Crippen molar-refractivity contribution >= 4 is 39.1 Å². The first-order chi connectivity index (χ1) is 21.1. The lowest BCUT2D eigenvalue weighted by molar-refractivity contribution is -0.170. The van der Waals surface area contributed by atoms with Crippen molar-refractivity contribution in [2.45, 2.75) is 24.9 Å². The van der Waals surface area contributed by atoms with Crippen LogP contribution < -0.4 is 14.9 Å². The predicted molar refractivity (Wildman–Crippen MR) is 165 cm³/mol. The van der Waals surface area contributed by atoms with Crippen LogP contribution in [0, 0.1) is 13.8 Å². The van der Waals surface area contributed by atoms with Crippen molar-refractivity contribution in [1.82, 2.24) is 10.2 Å². The van der Waals surface area contributed by atoms with Crippen molar-refractivity contribution < 1.29 is 36.0 Å². The molecule has 0 radical (unpaired) electrons. The van der Waals surface area contributed by atoms with Crippen LogP contribution in [0.25, 0.3) is 11.1 Å². The number of nitrogens with one attached hydrogen (secondary N) is 2. The highest BCUT2D eigenvalue weighted by Gasteiger charge is 2.43. The van der Waals surface area contributed by atoms with Gasteiger partial charge in [-0.05, 0) is 55.8 Å². The average Bonchev–Trinajstić information content (AvgIpc) is 3.24. The number of sulfonamides is 1. The van der Waals surface area contributed by atoms with Crippen molar-refractivity contribution in [3.8, 4) is 11.1 Å². The summed E-state index contributed by atoms with van der Waals surface area (Å²) >= 11 is 0. The van der Waals surface area contributed by atoms with E-state index in [-0.39, 0.29) is 33.9 Å². The Labute approximate surface area is 259 Å². The Hall–Kier alpha value is -4.91. The van der Waals surface area contributed by atoms with Crippen LogP contribution in [0.1, 0.15) is 31.8 Å². The molecule has 0 saturated heterocycles. The molecule has 45 heavy (non-hydrogen) atoms. The molecule has 3 amide bonds. The summed E-state index contributed by atoms with van der Waals surface area (Å²) in [5.41, 5.74) is 2.41. The number of alkyl halides is 3. The van der Waals surface area contributed by atoms with Gasteiger partial charge in [0.25, 0.3) is 21.8 Å². The van der Waals surface area contributed by atoms with E-state index in [2.05, 4.69) is 10.0 Å². The standard InChI is InChI=1S/C32H31F3N4O5S/c1-20-11-13-25-26(14-12-20)28(19-27(25)30(41)38(3)4)45(43,44)37-23-9-6-10-24(18-23)39(31(42)32(33,34)35)16-15-36-29(40)22-8-5-7-21(2)17-22/h5-14,17-19,37H,15-16H2,1-4H3,(H,36,40). The van der Waals surface area contributed by atoms with E-state index >= 15 is 0 Å². The second-order valence-electron chi connectivity index (χ2n) is 10.6. The minimum Gasteiger partial charge on any atom is -0.350 e. The Morgan fingerprint density at radius 1 is 0.822 bits per heavy atom. The molecular weight excluding hydrogens is 609 g/mol. The fraction of sp³-hybridized carbons (Fsp3) is 0.219. The van der Waals surface area contributed by atoms with Crippen LogP contribution in [0.15, 0.2) is 83.8 Å². The molecule has 0 aromatic heterocycles. The first kappa shape index (κ1) is 33.0. The SMILES string of the molecule is Cc1ccc2c(C(=O)N(C)C)cc(S(=O)(=O)Nc3cccc(N(CCNC(=O)c4cccc(C)c4)C(=O)C(F)(F)F)c3)c-2cc1. The molecule has 2 aromatic carbocycles. The summed E-state index contributed by atoms with van der Waals surface area (Å²) in [5, 5.41) is 2.51. The van der Waals surface area contributed by atoms with E-state index < -0.39 is 40.5 Å². The summed E-state index contributed by atoms with van der Waals surface area (Å²) in [5.74, 6) is -3.13. The fourth-order valence-corrected chi connectivity index (χ4v) is 5.95. The highest BCUT2D eigenvalue weighted by molar-refractivity contribution is 7.92. The van der Waals surface area contributed by atoms with Gasteiger partial charge in [-0.1, -0.05) is 53.6 Å². The highest BCUT2D eigenvalue weighted by atomic mass is 32.2. The molecule has 236 valence electrons. The number of anilines is 2. The molecule has 2 N–H and O–H groups in total. The maximum Gasteiger partial charge on any atom is 0.471 e. The van der Waals surface area contributed by atoms with Gasteiger partial charge in [-0.2, -0.15) is 13.2 Å². The lowest BCUT2D eigenvalue weighted by atomic mass is 10.1. The van der Waals surface area contributed by atoms with Crippen molar-refractivity contribution in [3.63, 3.8) is 0 Å². The number of carbonyl (C=O) groups is 3. The Bertz CT molecular complexity index is 1840. The number of amides is 3. The van der Waals surface area contributed by atoms with Gasteiger partial charge in [0.05, 0.1) is 10.6 Å². The summed E-state index contributed by atoms with van der Waals surface area (Å²) in [6, 6.07) is 19.5. The monoisotopic (exact) mass is 640 g/mol. The summed E-state index contributed by atoms with van der Waals surface area (Å²) in [4.78, 5) is 39.3. The van der Waals surface area contributed by atoms with Gasteiger partial charge in [0.1, 0.15) is 0 Å². The van der Waals surface area contributed by atoms with Gasteiger partial charge in [0.2, 0.25) is 0 Å². The molecule has 2 aliphatic rings. The molecule has 0 spiro atoms. The third-order valence-corrected chi connectivity index (χ3v) is 8.29. The first-order valence-corrected chi connectivity index (χ1v) is 15.2. The maximum atomic E-state index is 13.6. The molecule has 9 nitrogen and oxygen atoms in total. The molecule has 2 aromatic rings. The number of aryl methyl sites for hydroxylation is 2. The van der Waals surface area contributed by atoms with Gasteiger partial charge < -0.3 is 15.1 Å². The summed E-state index contributed by atoms with van der Waals surface area (Å²) in [6.07, 6.45) is -5.24. The van der Waals surface area contributed by atoms with Gasteiger partial charge >= 0.3 is 12.1 Å². The van der Waals surface area contributed by atoms with Gasteiger partial charge in [0, 0.05) is 49.6 Å². The van der Waals surface area contributed by atoms with Crippen molar-refractivity contribution in [2.75, 3.05) is 36.8 Å². The van der Waals surface area contributed by atoms with Gasteiger partial charge in [-0.3, -0.25) is 19.1 Å². The number of fused-ring (bicyclic) bond motifs is 1. The number of hydrogen-bond donors (Lipinski definition) is 2. The van der Waals surface area contributed by atoms with Crippen LogP contribution in [0.5, 0.6) is 0 Å². The van der Waals surface area contributed by atoms with Crippen molar-refractivity contribution in [1.29, 1.82) is 0 Å². The summed E-state index contributed by atoms with van der Waals surface area (Å²) < 4.78 is 70.4. The molecule has 0 heterocycles. The molecule has 2 aliphatic carbocycles. The number of rotatable bonds is 9. The van der Waals surface area contributed by atoms with E-state index in [1.54, 1.807) is 55.5 Å². The lowest BCUT2D eigenvalue weighted by Crippen LogP contribution is -2.45. The zero-order chi connectivity index (χ0) is 33.1. The van der Waals surface area contributed by atoms with Gasteiger partial charge in [-0.15, -0.1) is 0 Å². The third kappa shape index (κ3) is 7.60. The molecule has 0 unspecified atom stereocenters. The molecule has 4 rings (SSSR count). The minimum absolute atomic E-state index is 0.123. The lowest BCUT2D eigenvalue weighted by Gasteiger charge is -2.24. The van der Waals surface area contributed by atoms with E-state index in [0.29, 0.717) is 16.0 Å². The number of carbonyl (C=O) groups excluding carboxylic acids is 3. The topological polar surface area (TPSA) is 116 Å². The van der Waals surface area contributed by atoms with Crippen LogP contribution in [-0.2, 0) is 14.8 Å². The molecule has 0 aliphatic heterocycles. The molecule has 0 saturated carbocycles. The number of halogens is 3. The van der Waals surface area contributed by atoms with E-state index in [4.69, 9.17) is 0 Å². The Kier molecular flexibility index (Phi) is 9.52.